The molecule has 1 atom stereocenters. The van der Waals surface area contributed by atoms with Crippen LogP contribution in [0.25, 0.3) is 0 Å². The van der Waals surface area contributed by atoms with Crippen LogP contribution in [-0.2, 0) is 10.4 Å². The van der Waals surface area contributed by atoms with E-state index in [1.165, 1.54) is 11.3 Å². The molecule has 0 saturated carbocycles. The fraction of sp³-hybridized carbons (Fsp3) is 0.545. The van der Waals surface area contributed by atoms with E-state index in [0.29, 0.717) is 15.6 Å². The molecular formula is C11H15ClO3S. The van der Waals surface area contributed by atoms with Gasteiger partial charge in [-0.2, -0.15) is 0 Å². The molecule has 5 heteroatoms. The number of hydrogen-bond acceptors (Lipinski definition) is 3. The van der Waals surface area contributed by atoms with Crippen LogP contribution in [0.15, 0.2) is 12.1 Å². The van der Waals surface area contributed by atoms with Gasteiger partial charge >= 0.3 is 5.97 Å². The lowest BCUT2D eigenvalue weighted by atomic mass is 9.88. The zero-order chi connectivity index (χ0) is 12.3. The molecule has 0 spiro atoms. The average Bonchev–Trinajstić information content (AvgIpc) is 2.48. The summed E-state index contributed by atoms with van der Waals surface area (Å²) in [6, 6.07) is 3.37. The van der Waals surface area contributed by atoms with Crippen molar-refractivity contribution in [3.63, 3.8) is 0 Å². The number of carboxylic acid groups (broad SMARTS) is 1. The van der Waals surface area contributed by atoms with Crippen molar-refractivity contribution in [2.24, 2.45) is 5.92 Å². The Morgan fingerprint density at radius 1 is 1.56 bits per heavy atom. The Morgan fingerprint density at radius 3 is 2.56 bits per heavy atom. The minimum atomic E-state index is -1.31. The van der Waals surface area contributed by atoms with E-state index in [1.54, 1.807) is 12.1 Å². The maximum absolute atomic E-state index is 10.8. The largest absolute Gasteiger partial charge is 0.481 e. The van der Waals surface area contributed by atoms with Crippen molar-refractivity contribution in [1.82, 2.24) is 0 Å². The SMILES string of the molecule is CC(C)CC(O)(CC(=O)O)c1ccc(Cl)s1. The maximum atomic E-state index is 10.8. The normalized spacial score (nSPS) is 15.1. The number of aliphatic hydroxyl groups is 1. The topological polar surface area (TPSA) is 57.5 Å². The molecule has 90 valence electrons. The molecule has 0 fully saturated rings. The summed E-state index contributed by atoms with van der Waals surface area (Å²) < 4.78 is 0.558. The van der Waals surface area contributed by atoms with E-state index in [4.69, 9.17) is 16.7 Å². The lowest BCUT2D eigenvalue weighted by Crippen LogP contribution is -2.29. The van der Waals surface area contributed by atoms with E-state index < -0.39 is 11.6 Å². The Labute approximate surface area is 104 Å². The van der Waals surface area contributed by atoms with Gasteiger partial charge < -0.3 is 10.2 Å². The van der Waals surface area contributed by atoms with Crippen LogP contribution in [0.4, 0.5) is 0 Å². The molecule has 3 nitrogen and oxygen atoms in total. The highest BCUT2D eigenvalue weighted by molar-refractivity contribution is 7.16. The molecule has 0 aliphatic rings. The molecule has 1 rings (SSSR count). The first-order chi connectivity index (χ1) is 7.33. The van der Waals surface area contributed by atoms with Crippen LogP contribution >= 0.6 is 22.9 Å². The summed E-state index contributed by atoms with van der Waals surface area (Å²) in [6.45, 7) is 3.89. The van der Waals surface area contributed by atoms with E-state index in [2.05, 4.69) is 0 Å². The van der Waals surface area contributed by atoms with Gasteiger partial charge in [0.25, 0.3) is 0 Å². The van der Waals surface area contributed by atoms with Crippen LogP contribution in [-0.4, -0.2) is 16.2 Å². The van der Waals surface area contributed by atoms with Gasteiger partial charge in [0.1, 0.15) is 5.60 Å². The molecule has 0 amide bonds. The van der Waals surface area contributed by atoms with Gasteiger partial charge in [0.2, 0.25) is 0 Å². The number of carboxylic acids is 1. The molecule has 1 heterocycles. The number of thiophene rings is 1. The van der Waals surface area contributed by atoms with E-state index in [9.17, 15) is 9.90 Å². The van der Waals surface area contributed by atoms with Crippen molar-refractivity contribution >= 4 is 28.9 Å². The number of hydrogen-bond donors (Lipinski definition) is 2. The summed E-state index contributed by atoms with van der Waals surface area (Å²) in [5.41, 5.74) is -1.31. The maximum Gasteiger partial charge on any atom is 0.306 e. The minimum absolute atomic E-state index is 0.213. The molecule has 16 heavy (non-hydrogen) atoms. The summed E-state index contributed by atoms with van der Waals surface area (Å²) in [7, 11) is 0. The highest BCUT2D eigenvalue weighted by atomic mass is 35.5. The Bertz CT molecular complexity index is 375. The van der Waals surface area contributed by atoms with Gasteiger partial charge in [0.05, 0.1) is 10.8 Å². The molecule has 1 aromatic rings. The van der Waals surface area contributed by atoms with Crippen molar-refractivity contribution in [1.29, 1.82) is 0 Å². The van der Waals surface area contributed by atoms with Gasteiger partial charge in [-0.1, -0.05) is 25.4 Å². The monoisotopic (exact) mass is 262 g/mol. The first kappa shape index (κ1) is 13.5. The molecule has 2 N–H and O–H groups in total. The summed E-state index contributed by atoms with van der Waals surface area (Å²) in [5, 5.41) is 19.2. The van der Waals surface area contributed by atoms with Crippen LogP contribution < -0.4 is 0 Å². The lowest BCUT2D eigenvalue weighted by molar-refractivity contribution is -0.143. The second-order valence-electron chi connectivity index (χ2n) is 4.30. The van der Waals surface area contributed by atoms with E-state index in [1.807, 2.05) is 13.8 Å². The average molecular weight is 263 g/mol. The van der Waals surface area contributed by atoms with Gasteiger partial charge in [-0.15, -0.1) is 11.3 Å². The summed E-state index contributed by atoms with van der Waals surface area (Å²) in [4.78, 5) is 11.4. The summed E-state index contributed by atoms with van der Waals surface area (Å²) >= 11 is 7.03. The zero-order valence-corrected chi connectivity index (χ0v) is 10.8. The number of rotatable bonds is 5. The van der Waals surface area contributed by atoms with Crippen molar-refractivity contribution in [3.8, 4) is 0 Å². The van der Waals surface area contributed by atoms with Crippen LogP contribution in [0.2, 0.25) is 4.34 Å². The predicted molar refractivity (Wildman–Crippen MR) is 64.9 cm³/mol. The molecule has 0 aliphatic heterocycles. The number of aliphatic carboxylic acids is 1. The van der Waals surface area contributed by atoms with Crippen molar-refractivity contribution in [3.05, 3.63) is 21.3 Å². The van der Waals surface area contributed by atoms with Gasteiger partial charge in [-0.05, 0) is 24.5 Å². The third-order valence-electron chi connectivity index (χ3n) is 2.22. The molecule has 0 radical (unpaired) electrons. The molecule has 0 saturated heterocycles. The molecule has 1 unspecified atom stereocenters. The molecule has 1 aromatic heterocycles. The fourth-order valence-electron chi connectivity index (χ4n) is 1.75. The van der Waals surface area contributed by atoms with Gasteiger partial charge in [0.15, 0.2) is 0 Å². The van der Waals surface area contributed by atoms with Crippen molar-refractivity contribution in [2.45, 2.75) is 32.3 Å². The lowest BCUT2D eigenvalue weighted by Gasteiger charge is -2.27. The summed E-state index contributed by atoms with van der Waals surface area (Å²) in [5.74, 6) is -0.794. The van der Waals surface area contributed by atoms with E-state index >= 15 is 0 Å². The van der Waals surface area contributed by atoms with Crippen LogP contribution in [0.3, 0.4) is 0 Å². The third-order valence-corrected chi connectivity index (χ3v) is 3.65. The third kappa shape index (κ3) is 3.47. The van der Waals surface area contributed by atoms with Crippen molar-refractivity contribution in [2.75, 3.05) is 0 Å². The van der Waals surface area contributed by atoms with Gasteiger partial charge in [-0.3, -0.25) is 4.79 Å². The Balaban J connectivity index is 2.98. The number of halogens is 1. The quantitative estimate of drug-likeness (QED) is 0.857. The van der Waals surface area contributed by atoms with Crippen LogP contribution in [0.5, 0.6) is 0 Å². The first-order valence-corrected chi connectivity index (χ1v) is 6.23. The number of carbonyl (C=O) groups is 1. The van der Waals surface area contributed by atoms with Gasteiger partial charge in [-0.25, -0.2) is 0 Å². The predicted octanol–water partition coefficient (Wildman–Crippen LogP) is 3.11. The smallest absolute Gasteiger partial charge is 0.306 e. The molecule has 0 aromatic carbocycles. The zero-order valence-electron chi connectivity index (χ0n) is 9.24. The minimum Gasteiger partial charge on any atom is -0.481 e. The van der Waals surface area contributed by atoms with E-state index in [0.717, 1.165) is 0 Å². The standard InChI is InChI=1S/C11H15ClO3S/c1-7(2)5-11(15,6-10(13)14)8-3-4-9(12)16-8/h3-4,7,15H,5-6H2,1-2H3,(H,13,14). The molecule has 0 aliphatic carbocycles. The summed E-state index contributed by atoms with van der Waals surface area (Å²) in [6.07, 6.45) is 0.123. The highest BCUT2D eigenvalue weighted by Gasteiger charge is 2.34. The second-order valence-corrected chi connectivity index (χ2v) is 6.02. The highest BCUT2D eigenvalue weighted by Crippen LogP contribution is 2.37. The Kier molecular flexibility index (Phi) is 4.35. The van der Waals surface area contributed by atoms with Crippen LogP contribution in [0.1, 0.15) is 31.6 Å². The molecular weight excluding hydrogens is 248 g/mol. The second kappa shape index (κ2) is 5.17. The Hall–Kier alpha value is -0.580. The Morgan fingerprint density at radius 2 is 2.19 bits per heavy atom. The van der Waals surface area contributed by atoms with Crippen LogP contribution in [0, 0.1) is 5.92 Å². The fourth-order valence-corrected chi connectivity index (χ4v) is 2.89. The first-order valence-electron chi connectivity index (χ1n) is 5.03. The van der Waals surface area contributed by atoms with E-state index in [-0.39, 0.29) is 12.3 Å². The van der Waals surface area contributed by atoms with Crippen molar-refractivity contribution < 1.29 is 15.0 Å². The van der Waals surface area contributed by atoms with Gasteiger partial charge in [0, 0.05) is 4.88 Å². The molecule has 0 bridgehead atoms.